The van der Waals surface area contributed by atoms with Crippen LogP contribution in [0.4, 0.5) is 10.1 Å². The van der Waals surface area contributed by atoms with Gasteiger partial charge in [-0.3, -0.25) is 0 Å². The molecule has 0 radical (unpaired) electrons. The number of fused-ring (bicyclic) bond motifs is 1. The molecule has 0 aliphatic carbocycles. The number of benzene rings is 2. The quantitative estimate of drug-likeness (QED) is 0.854. The zero-order valence-electron chi connectivity index (χ0n) is 10.6. The van der Waals surface area contributed by atoms with E-state index in [4.69, 9.17) is 16.3 Å². The molecule has 0 fully saturated rings. The van der Waals surface area contributed by atoms with Gasteiger partial charge in [-0.1, -0.05) is 27.5 Å². The smallest absolute Gasteiger partial charge is 0.141 e. The Kier molecular flexibility index (Phi) is 3.85. The molecule has 2 aromatic rings. The average molecular weight is 357 g/mol. The number of nitrogens with one attached hydrogen (secondary N) is 1. The number of ether oxygens (including phenoxy) is 1. The SMILES string of the molecule is Fc1ccc(NCc2cc(Br)cc3c2OCC3)cc1Cl. The number of halogens is 3. The van der Waals surface area contributed by atoms with Crippen LogP contribution in [-0.4, -0.2) is 6.61 Å². The fraction of sp³-hybridized carbons (Fsp3) is 0.200. The highest BCUT2D eigenvalue weighted by molar-refractivity contribution is 9.10. The van der Waals surface area contributed by atoms with E-state index in [9.17, 15) is 4.39 Å². The van der Waals surface area contributed by atoms with E-state index in [2.05, 4.69) is 27.3 Å². The van der Waals surface area contributed by atoms with Crippen molar-refractivity contribution < 1.29 is 9.13 Å². The fourth-order valence-electron chi connectivity index (χ4n) is 2.28. The molecule has 0 aromatic heterocycles. The lowest BCUT2D eigenvalue weighted by Crippen LogP contribution is -2.02. The Bertz CT molecular complexity index is 663. The van der Waals surface area contributed by atoms with Crippen molar-refractivity contribution in [2.45, 2.75) is 13.0 Å². The Balaban J connectivity index is 1.80. The van der Waals surface area contributed by atoms with E-state index in [0.717, 1.165) is 34.5 Å². The molecule has 1 aliphatic heterocycles. The minimum atomic E-state index is -0.413. The molecule has 20 heavy (non-hydrogen) atoms. The minimum Gasteiger partial charge on any atom is -0.493 e. The molecule has 2 aromatic carbocycles. The first-order valence-corrected chi connectivity index (χ1v) is 7.43. The van der Waals surface area contributed by atoms with Gasteiger partial charge in [-0.25, -0.2) is 4.39 Å². The maximum atomic E-state index is 13.1. The van der Waals surface area contributed by atoms with Crippen LogP contribution in [0.25, 0.3) is 0 Å². The highest BCUT2D eigenvalue weighted by Gasteiger charge is 2.17. The maximum absolute atomic E-state index is 13.1. The molecule has 5 heteroatoms. The van der Waals surface area contributed by atoms with Crippen molar-refractivity contribution in [1.82, 2.24) is 0 Å². The van der Waals surface area contributed by atoms with Crippen molar-refractivity contribution >= 4 is 33.2 Å². The normalized spacial score (nSPS) is 12.9. The molecule has 1 aliphatic rings. The highest BCUT2D eigenvalue weighted by Crippen LogP contribution is 2.33. The van der Waals surface area contributed by atoms with Crippen LogP contribution in [0.2, 0.25) is 5.02 Å². The Morgan fingerprint density at radius 3 is 2.95 bits per heavy atom. The summed E-state index contributed by atoms with van der Waals surface area (Å²) in [5.74, 6) is 0.540. The summed E-state index contributed by atoms with van der Waals surface area (Å²) in [4.78, 5) is 0. The molecule has 0 saturated carbocycles. The van der Waals surface area contributed by atoms with Gasteiger partial charge in [-0.05, 0) is 35.9 Å². The molecular weight excluding hydrogens is 345 g/mol. The zero-order chi connectivity index (χ0) is 14.1. The van der Waals surface area contributed by atoms with Crippen molar-refractivity contribution in [2.24, 2.45) is 0 Å². The van der Waals surface area contributed by atoms with E-state index in [1.165, 1.54) is 11.6 Å². The molecular formula is C15H12BrClFNO. The topological polar surface area (TPSA) is 21.3 Å². The molecule has 0 amide bonds. The van der Waals surface area contributed by atoms with Crippen LogP contribution < -0.4 is 10.1 Å². The van der Waals surface area contributed by atoms with Crippen molar-refractivity contribution in [2.75, 3.05) is 11.9 Å². The van der Waals surface area contributed by atoms with Crippen LogP contribution in [0.15, 0.2) is 34.8 Å². The number of hydrogen-bond acceptors (Lipinski definition) is 2. The predicted molar refractivity (Wildman–Crippen MR) is 82.1 cm³/mol. The van der Waals surface area contributed by atoms with Gasteiger partial charge in [0, 0.05) is 28.7 Å². The minimum absolute atomic E-state index is 0.116. The van der Waals surface area contributed by atoms with Crippen molar-refractivity contribution in [3.8, 4) is 5.75 Å². The Labute approximate surface area is 130 Å². The van der Waals surface area contributed by atoms with Gasteiger partial charge in [0.1, 0.15) is 11.6 Å². The fourth-order valence-corrected chi connectivity index (χ4v) is 3.01. The second-order valence-electron chi connectivity index (χ2n) is 4.63. The van der Waals surface area contributed by atoms with Gasteiger partial charge in [-0.2, -0.15) is 0 Å². The summed E-state index contributed by atoms with van der Waals surface area (Å²) in [6.07, 6.45) is 0.935. The second-order valence-corrected chi connectivity index (χ2v) is 5.96. The summed E-state index contributed by atoms with van der Waals surface area (Å²) in [5.41, 5.74) is 3.07. The summed E-state index contributed by atoms with van der Waals surface area (Å²) in [5, 5.41) is 3.35. The van der Waals surface area contributed by atoms with Crippen LogP contribution in [-0.2, 0) is 13.0 Å². The van der Waals surface area contributed by atoms with Gasteiger partial charge in [0.25, 0.3) is 0 Å². The average Bonchev–Trinajstić information content (AvgIpc) is 2.88. The highest BCUT2D eigenvalue weighted by atomic mass is 79.9. The molecule has 0 atom stereocenters. The summed E-state index contributed by atoms with van der Waals surface area (Å²) >= 11 is 9.28. The van der Waals surface area contributed by atoms with Gasteiger partial charge >= 0.3 is 0 Å². The molecule has 1 heterocycles. The summed E-state index contributed by atoms with van der Waals surface area (Å²) in [6, 6.07) is 8.71. The van der Waals surface area contributed by atoms with Crippen LogP contribution in [0.1, 0.15) is 11.1 Å². The first-order chi connectivity index (χ1) is 9.63. The van der Waals surface area contributed by atoms with E-state index in [-0.39, 0.29) is 5.02 Å². The largest absolute Gasteiger partial charge is 0.493 e. The van der Waals surface area contributed by atoms with Crippen LogP contribution >= 0.6 is 27.5 Å². The third-order valence-electron chi connectivity index (χ3n) is 3.23. The Morgan fingerprint density at radius 1 is 1.30 bits per heavy atom. The first kappa shape index (κ1) is 13.7. The molecule has 0 unspecified atom stereocenters. The molecule has 0 bridgehead atoms. The number of rotatable bonds is 3. The number of hydrogen-bond donors (Lipinski definition) is 1. The molecule has 0 spiro atoms. The number of anilines is 1. The van der Waals surface area contributed by atoms with E-state index < -0.39 is 5.82 Å². The van der Waals surface area contributed by atoms with Crippen molar-refractivity contribution in [3.05, 3.63) is 56.8 Å². The van der Waals surface area contributed by atoms with E-state index in [1.54, 1.807) is 12.1 Å². The van der Waals surface area contributed by atoms with Crippen LogP contribution in [0, 0.1) is 5.82 Å². The Morgan fingerprint density at radius 2 is 2.15 bits per heavy atom. The van der Waals surface area contributed by atoms with Gasteiger partial charge in [-0.15, -0.1) is 0 Å². The molecule has 3 rings (SSSR count). The first-order valence-electron chi connectivity index (χ1n) is 6.26. The molecule has 0 saturated heterocycles. The Hall–Kier alpha value is -1.26. The standard InChI is InChI=1S/C15H12BrClFNO/c16-11-5-9-3-4-20-15(9)10(6-11)8-19-12-1-2-14(18)13(17)7-12/h1-2,5-7,19H,3-4,8H2. The van der Waals surface area contributed by atoms with Crippen molar-refractivity contribution in [1.29, 1.82) is 0 Å². The van der Waals surface area contributed by atoms with E-state index >= 15 is 0 Å². The van der Waals surface area contributed by atoms with Gasteiger partial charge in [0.2, 0.25) is 0 Å². The monoisotopic (exact) mass is 355 g/mol. The van der Waals surface area contributed by atoms with Crippen LogP contribution in [0.5, 0.6) is 5.75 Å². The second kappa shape index (κ2) is 5.62. The predicted octanol–water partition coefficient (Wildman–Crippen LogP) is 4.79. The lowest BCUT2D eigenvalue weighted by molar-refractivity contribution is 0.354. The van der Waals surface area contributed by atoms with Gasteiger partial charge in [0.05, 0.1) is 11.6 Å². The van der Waals surface area contributed by atoms with Crippen LogP contribution in [0.3, 0.4) is 0 Å². The van der Waals surface area contributed by atoms with Gasteiger partial charge in [0.15, 0.2) is 0 Å². The molecule has 1 N–H and O–H groups in total. The third kappa shape index (κ3) is 2.76. The third-order valence-corrected chi connectivity index (χ3v) is 3.98. The molecule has 104 valence electrons. The summed E-state index contributed by atoms with van der Waals surface area (Å²) in [6.45, 7) is 1.32. The van der Waals surface area contributed by atoms with E-state index in [0.29, 0.717) is 6.54 Å². The maximum Gasteiger partial charge on any atom is 0.141 e. The lowest BCUT2D eigenvalue weighted by Gasteiger charge is -2.11. The summed E-state index contributed by atoms with van der Waals surface area (Å²) in [7, 11) is 0. The lowest BCUT2D eigenvalue weighted by atomic mass is 10.1. The molecule has 2 nitrogen and oxygen atoms in total. The van der Waals surface area contributed by atoms with Gasteiger partial charge < -0.3 is 10.1 Å². The van der Waals surface area contributed by atoms with E-state index in [1.807, 2.05) is 6.07 Å². The summed E-state index contributed by atoms with van der Waals surface area (Å²) < 4.78 is 19.8. The zero-order valence-corrected chi connectivity index (χ0v) is 12.9. The van der Waals surface area contributed by atoms with Crippen molar-refractivity contribution in [3.63, 3.8) is 0 Å².